The van der Waals surface area contributed by atoms with E-state index in [2.05, 4.69) is 55.9 Å². The lowest BCUT2D eigenvalue weighted by molar-refractivity contribution is 0.177. The Kier molecular flexibility index (Phi) is 8.24. The van der Waals surface area contributed by atoms with Crippen LogP contribution in [-0.2, 0) is 30.9 Å². The second-order valence-electron chi connectivity index (χ2n) is 7.83. The van der Waals surface area contributed by atoms with Gasteiger partial charge in [-0.25, -0.2) is 14.3 Å². The first-order valence-electron chi connectivity index (χ1n) is 10.6. The van der Waals surface area contributed by atoms with Gasteiger partial charge >= 0.3 is 0 Å². The molecule has 0 bridgehead atoms. The fraction of sp³-hybridized carbons (Fsp3) is 0.455. The van der Waals surface area contributed by atoms with Gasteiger partial charge in [-0.15, -0.1) is 24.0 Å². The zero-order chi connectivity index (χ0) is 21.8. The fourth-order valence-electron chi connectivity index (χ4n) is 3.98. The number of para-hydroxylation sites is 1. The summed E-state index contributed by atoms with van der Waals surface area (Å²) in [5.41, 5.74) is 4.36. The van der Waals surface area contributed by atoms with Crippen molar-refractivity contribution < 1.29 is 4.74 Å². The number of fused-ring (bicyclic) bond motifs is 1. The van der Waals surface area contributed by atoms with Crippen LogP contribution in [0.15, 0.2) is 35.3 Å². The highest BCUT2D eigenvalue weighted by Crippen LogP contribution is 2.17. The number of aryl methyl sites for hydroxylation is 3. The van der Waals surface area contributed by atoms with Gasteiger partial charge in [-0.2, -0.15) is 10.2 Å². The Morgan fingerprint density at radius 3 is 2.78 bits per heavy atom. The van der Waals surface area contributed by atoms with Crippen molar-refractivity contribution in [1.29, 1.82) is 0 Å². The molecule has 32 heavy (non-hydrogen) atoms. The highest BCUT2D eigenvalue weighted by Gasteiger charge is 2.22. The summed E-state index contributed by atoms with van der Waals surface area (Å²) < 4.78 is 9.12. The lowest BCUT2D eigenvalue weighted by Gasteiger charge is -2.25. The molecule has 0 saturated heterocycles. The van der Waals surface area contributed by atoms with Crippen molar-refractivity contribution >= 4 is 29.9 Å². The van der Waals surface area contributed by atoms with Crippen LogP contribution in [0.2, 0.25) is 0 Å². The summed E-state index contributed by atoms with van der Waals surface area (Å²) >= 11 is 0. The molecule has 0 radical (unpaired) electrons. The molecule has 3 aromatic rings. The van der Waals surface area contributed by atoms with Crippen LogP contribution in [0, 0.1) is 13.8 Å². The van der Waals surface area contributed by atoms with Gasteiger partial charge in [0.2, 0.25) is 0 Å². The SMILES string of the molecule is CN=C(NCc1ccccc1-n1nc(C)cc1C)NC1CCc2nc(COC)nn2C1.I. The first kappa shape index (κ1) is 24.2. The van der Waals surface area contributed by atoms with E-state index in [0.29, 0.717) is 13.2 Å². The van der Waals surface area contributed by atoms with Crippen LogP contribution in [0.5, 0.6) is 0 Å². The van der Waals surface area contributed by atoms with Crippen molar-refractivity contribution in [3.63, 3.8) is 0 Å². The molecule has 3 heterocycles. The van der Waals surface area contributed by atoms with Gasteiger partial charge < -0.3 is 15.4 Å². The third kappa shape index (κ3) is 5.47. The molecule has 0 saturated carbocycles. The Labute approximate surface area is 205 Å². The van der Waals surface area contributed by atoms with Gasteiger partial charge in [-0.3, -0.25) is 4.99 Å². The van der Waals surface area contributed by atoms with Gasteiger partial charge in [0.1, 0.15) is 12.4 Å². The molecule has 10 heteroatoms. The topological polar surface area (TPSA) is 94.2 Å². The molecule has 0 amide bonds. The number of guanidine groups is 1. The largest absolute Gasteiger partial charge is 0.377 e. The van der Waals surface area contributed by atoms with Crippen molar-refractivity contribution in [2.24, 2.45) is 4.99 Å². The number of rotatable bonds is 6. The van der Waals surface area contributed by atoms with Crippen LogP contribution in [-0.4, -0.2) is 50.7 Å². The molecule has 1 unspecified atom stereocenters. The maximum atomic E-state index is 5.15. The highest BCUT2D eigenvalue weighted by molar-refractivity contribution is 14.0. The lowest BCUT2D eigenvalue weighted by atomic mass is 10.1. The Hall–Kier alpha value is -2.47. The zero-order valence-electron chi connectivity index (χ0n) is 19.0. The van der Waals surface area contributed by atoms with Crippen LogP contribution in [0.3, 0.4) is 0 Å². The van der Waals surface area contributed by atoms with E-state index in [1.165, 1.54) is 0 Å². The lowest BCUT2D eigenvalue weighted by Crippen LogP contribution is -2.46. The third-order valence-electron chi connectivity index (χ3n) is 5.42. The van der Waals surface area contributed by atoms with Gasteiger partial charge in [0.25, 0.3) is 0 Å². The minimum absolute atomic E-state index is 0. The predicted octanol–water partition coefficient (Wildman–Crippen LogP) is 2.53. The summed E-state index contributed by atoms with van der Waals surface area (Å²) in [6.07, 6.45) is 1.86. The maximum absolute atomic E-state index is 5.15. The molecular formula is C22H31IN8O. The van der Waals surface area contributed by atoms with Crippen LogP contribution < -0.4 is 10.6 Å². The second-order valence-corrected chi connectivity index (χ2v) is 7.83. The predicted molar refractivity (Wildman–Crippen MR) is 135 cm³/mol. The third-order valence-corrected chi connectivity index (χ3v) is 5.42. The number of aromatic nitrogens is 5. The number of ether oxygens (including phenoxy) is 1. The number of nitrogens with one attached hydrogen (secondary N) is 2. The van der Waals surface area contributed by atoms with Crippen LogP contribution in [0.1, 0.15) is 35.0 Å². The van der Waals surface area contributed by atoms with E-state index in [1.54, 1.807) is 14.2 Å². The normalized spacial score (nSPS) is 15.8. The number of aliphatic imine (C=N–C) groups is 1. The monoisotopic (exact) mass is 550 g/mol. The van der Waals surface area contributed by atoms with Gasteiger partial charge in [0.05, 0.1) is 17.9 Å². The number of hydrogen-bond donors (Lipinski definition) is 2. The number of nitrogens with zero attached hydrogens (tertiary/aromatic N) is 6. The molecule has 2 aromatic heterocycles. The van der Waals surface area contributed by atoms with Crippen molar-refractivity contribution in [2.75, 3.05) is 14.2 Å². The molecule has 1 aliphatic rings. The summed E-state index contributed by atoms with van der Waals surface area (Å²) in [6.45, 7) is 5.93. The standard InChI is InChI=1S/C22H30N8O.HI/c1-15-11-16(2)30(27-15)19-8-6-5-7-17(19)12-24-22(23-3)25-18-9-10-21-26-20(14-31-4)28-29(21)13-18;/h5-8,11,18H,9-10,12-14H2,1-4H3,(H2,23,24,25);1H. The van der Waals surface area contributed by atoms with E-state index in [4.69, 9.17) is 4.74 Å². The van der Waals surface area contributed by atoms with E-state index >= 15 is 0 Å². The minimum Gasteiger partial charge on any atom is -0.377 e. The van der Waals surface area contributed by atoms with Crippen LogP contribution in [0.4, 0.5) is 0 Å². The minimum atomic E-state index is 0. The first-order chi connectivity index (χ1) is 15.1. The number of benzene rings is 1. The van der Waals surface area contributed by atoms with Crippen molar-refractivity contribution in [3.05, 3.63) is 58.9 Å². The van der Waals surface area contributed by atoms with Crippen molar-refractivity contribution in [2.45, 2.75) is 52.4 Å². The molecule has 1 aromatic carbocycles. The molecule has 9 nitrogen and oxygen atoms in total. The van der Waals surface area contributed by atoms with Gasteiger partial charge in [-0.05, 0) is 38.0 Å². The second kappa shape index (κ2) is 10.9. The van der Waals surface area contributed by atoms with E-state index in [0.717, 1.165) is 59.6 Å². The van der Waals surface area contributed by atoms with E-state index in [9.17, 15) is 0 Å². The number of halogens is 1. The molecule has 1 aliphatic heterocycles. The maximum Gasteiger partial charge on any atom is 0.191 e. The van der Waals surface area contributed by atoms with E-state index in [1.807, 2.05) is 28.4 Å². The molecule has 0 spiro atoms. The van der Waals surface area contributed by atoms with Crippen molar-refractivity contribution in [1.82, 2.24) is 35.2 Å². The summed E-state index contributed by atoms with van der Waals surface area (Å²) in [6, 6.07) is 10.6. The zero-order valence-corrected chi connectivity index (χ0v) is 21.3. The van der Waals surface area contributed by atoms with Gasteiger partial charge in [0, 0.05) is 38.9 Å². The molecule has 2 N–H and O–H groups in total. The molecule has 1 atom stereocenters. The van der Waals surface area contributed by atoms with Crippen LogP contribution >= 0.6 is 24.0 Å². The van der Waals surface area contributed by atoms with Crippen molar-refractivity contribution in [3.8, 4) is 5.69 Å². The summed E-state index contributed by atoms with van der Waals surface area (Å²) in [5.74, 6) is 2.53. The molecule has 172 valence electrons. The van der Waals surface area contributed by atoms with Gasteiger partial charge in [-0.1, -0.05) is 18.2 Å². The Morgan fingerprint density at radius 2 is 2.06 bits per heavy atom. The Balaban J connectivity index is 0.00000289. The Morgan fingerprint density at radius 1 is 1.25 bits per heavy atom. The first-order valence-corrected chi connectivity index (χ1v) is 10.6. The summed E-state index contributed by atoms with van der Waals surface area (Å²) in [4.78, 5) is 8.96. The van der Waals surface area contributed by atoms with Gasteiger partial charge in [0.15, 0.2) is 11.8 Å². The molecule has 0 aliphatic carbocycles. The highest BCUT2D eigenvalue weighted by atomic mass is 127. The average molecular weight is 550 g/mol. The Bertz CT molecular complexity index is 1070. The van der Waals surface area contributed by atoms with E-state index in [-0.39, 0.29) is 30.0 Å². The van der Waals surface area contributed by atoms with E-state index < -0.39 is 0 Å². The molecule has 4 rings (SSSR count). The number of methoxy groups -OCH3 is 1. The quantitative estimate of drug-likeness (QED) is 0.279. The summed E-state index contributed by atoms with van der Waals surface area (Å²) in [5, 5.41) is 16.2. The molecular weight excluding hydrogens is 519 g/mol. The average Bonchev–Trinajstić information content (AvgIpc) is 3.32. The number of hydrogen-bond acceptors (Lipinski definition) is 5. The van der Waals surface area contributed by atoms with Crippen LogP contribution in [0.25, 0.3) is 5.69 Å². The summed E-state index contributed by atoms with van der Waals surface area (Å²) in [7, 11) is 3.45. The smallest absolute Gasteiger partial charge is 0.191 e. The molecule has 0 fully saturated rings. The fourth-order valence-corrected chi connectivity index (χ4v) is 3.98.